The molecule has 4 aliphatic rings. The van der Waals surface area contributed by atoms with Crippen LogP contribution in [0.5, 0.6) is 0 Å². The molecule has 4 fully saturated rings. The number of rotatable bonds is 3. The molecule has 2 saturated heterocycles. The summed E-state index contributed by atoms with van der Waals surface area (Å²) in [5, 5.41) is 10.1. The fourth-order valence-electron chi connectivity index (χ4n) is 5.49. The molecule has 0 aromatic heterocycles. The van der Waals surface area contributed by atoms with Crippen molar-refractivity contribution in [3.63, 3.8) is 0 Å². The number of fused-ring (bicyclic) bond motifs is 1. The van der Waals surface area contributed by atoms with Crippen LogP contribution in [0.1, 0.15) is 58.8 Å². The third-order valence-corrected chi connectivity index (χ3v) is 6.97. The van der Waals surface area contributed by atoms with Crippen molar-refractivity contribution in [3.05, 3.63) is 0 Å². The summed E-state index contributed by atoms with van der Waals surface area (Å²) < 4.78 is 14.3. The van der Waals surface area contributed by atoms with Gasteiger partial charge in [-0.1, -0.05) is 13.3 Å². The van der Waals surface area contributed by atoms with Crippen molar-refractivity contribution in [2.24, 2.45) is 17.8 Å². The first-order chi connectivity index (χ1) is 12.5. The van der Waals surface area contributed by atoms with E-state index >= 15 is 0 Å². The van der Waals surface area contributed by atoms with E-state index in [4.69, 9.17) is 4.84 Å². The molecule has 4 rings (SSSR count). The smallest absolute Gasteiger partial charge is 0.237 e. The van der Waals surface area contributed by atoms with E-state index in [-0.39, 0.29) is 42.3 Å². The van der Waals surface area contributed by atoms with Crippen LogP contribution in [0.3, 0.4) is 0 Å². The van der Waals surface area contributed by atoms with Gasteiger partial charge in [0.15, 0.2) is 0 Å². The Morgan fingerprint density at radius 3 is 2.69 bits per heavy atom. The molecule has 0 spiro atoms. The minimum absolute atomic E-state index is 0.000806. The summed E-state index contributed by atoms with van der Waals surface area (Å²) in [6.45, 7) is 4.16. The SMILES string of the molecule is CC1NC([C@@H]2CCC[C@H](NC(=O)C3CC4C(F)CCC(C)C4N3)C2)NO1. The highest BCUT2D eigenvalue weighted by atomic mass is 19.1. The lowest BCUT2D eigenvalue weighted by Gasteiger charge is -2.34. The number of carbonyl (C=O) groups is 1. The maximum Gasteiger partial charge on any atom is 0.237 e. The van der Waals surface area contributed by atoms with E-state index in [1.807, 2.05) is 6.92 Å². The number of carbonyl (C=O) groups excluding carboxylic acids is 1. The molecule has 4 N–H and O–H groups in total. The summed E-state index contributed by atoms with van der Waals surface area (Å²) in [4.78, 5) is 18.2. The Bertz CT molecular complexity index is 504. The van der Waals surface area contributed by atoms with Gasteiger partial charge < -0.3 is 10.6 Å². The van der Waals surface area contributed by atoms with Gasteiger partial charge in [0.1, 0.15) is 12.4 Å². The molecular formula is C19H33FN4O2. The van der Waals surface area contributed by atoms with E-state index in [2.05, 4.69) is 28.4 Å². The lowest BCUT2D eigenvalue weighted by Crippen LogP contribution is -2.51. The second-order valence-electron chi connectivity index (χ2n) is 8.87. The van der Waals surface area contributed by atoms with E-state index in [1.165, 1.54) is 0 Å². The van der Waals surface area contributed by atoms with Crippen molar-refractivity contribution in [1.29, 1.82) is 0 Å². The predicted octanol–water partition coefficient (Wildman–Crippen LogP) is 1.57. The van der Waals surface area contributed by atoms with Crippen LogP contribution in [-0.4, -0.2) is 42.6 Å². The van der Waals surface area contributed by atoms with Gasteiger partial charge in [0.25, 0.3) is 0 Å². The van der Waals surface area contributed by atoms with Crippen LogP contribution in [-0.2, 0) is 9.63 Å². The number of halogens is 1. The number of hydroxylamine groups is 1. The van der Waals surface area contributed by atoms with E-state index in [1.54, 1.807) is 0 Å². The average molecular weight is 368 g/mol. The van der Waals surface area contributed by atoms with Crippen LogP contribution in [0.15, 0.2) is 0 Å². The van der Waals surface area contributed by atoms with Crippen LogP contribution in [0.2, 0.25) is 0 Å². The van der Waals surface area contributed by atoms with Gasteiger partial charge in [0, 0.05) is 18.0 Å². The Kier molecular flexibility index (Phi) is 5.51. The van der Waals surface area contributed by atoms with Crippen LogP contribution in [0, 0.1) is 17.8 Å². The zero-order valence-corrected chi connectivity index (χ0v) is 15.8. The fourth-order valence-corrected chi connectivity index (χ4v) is 5.49. The summed E-state index contributed by atoms with van der Waals surface area (Å²) in [7, 11) is 0. The molecule has 1 amide bonds. The molecule has 7 unspecified atom stereocenters. The molecule has 26 heavy (non-hydrogen) atoms. The molecule has 0 bridgehead atoms. The minimum Gasteiger partial charge on any atom is -0.352 e. The van der Waals surface area contributed by atoms with Crippen LogP contribution in [0.4, 0.5) is 4.39 Å². The summed E-state index contributed by atoms with van der Waals surface area (Å²) in [5.74, 6) is 0.958. The lowest BCUT2D eigenvalue weighted by atomic mass is 9.77. The summed E-state index contributed by atoms with van der Waals surface area (Å²) in [6, 6.07) is 0.109. The molecule has 0 radical (unpaired) electrons. The molecule has 2 saturated carbocycles. The van der Waals surface area contributed by atoms with Gasteiger partial charge in [-0.25, -0.2) is 4.39 Å². The Labute approximate surface area is 155 Å². The van der Waals surface area contributed by atoms with E-state index in [0.29, 0.717) is 24.7 Å². The summed E-state index contributed by atoms with van der Waals surface area (Å²) in [5.41, 5.74) is 3.07. The molecule has 7 heteroatoms. The minimum atomic E-state index is -0.762. The predicted molar refractivity (Wildman–Crippen MR) is 96.6 cm³/mol. The molecular weight excluding hydrogens is 335 g/mol. The Morgan fingerprint density at radius 2 is 1.96 bits per heavy atom. The van der Waals surface area contributed by atoms with Gasteiger partial charge in [-0.05, 0) is 57.3 Å². The maximum absolute atomic E-state index is 14.3. The number of hydrogen-bond acceptors (Lipinski definition) is 5. The molecule has 6 nitrogen and oxygen atoms in total. The van der Waals surface area contributed by atoms with Gasteiger partial charge in [-0.15, -0.1) is 0 Å². The van der Waals surface area contributed by atoms with Gasteiger partial charge in [-0.3, -0.25) is 14.9 Å². The van der Waals surface area contributed by atoms with E-state index in [0.717, 1.165) is 32.1 Å². The molecule has 148 valence electrons. The van der Waals surface area contributed by atoms with Crippen molar-refractivity contribution in [1.82, 2.24) is 21.4 Å². The van der Waals surface area contributed by atoms with Crippen molar-refractivity contribution < 1.29 is 14.0 Å². The van der Waals surface area contributed by atoms with Gasteiger partial charge >= 0.3 is 0 Å². The van der Waals surface area contributed by atoms with Crippen molar-refractivity contribution in [3.8, 4) is 0 Å². The largest absolute Gasteiger partial charge is 0.352 e. The van der Waals surface area contributed by atoms with E-state index < -0.39 is 6.17 Å². The van der Waals surface area contributed by atoms with Crippen LogP contribution >= 0.6 is 0 Å². The second-order valence-corrected chi connectivity index (χ2v) is 8.87. The maximum atomic E-state index is 14.3. The summed E-state index contributed by atoms with van der Waals surface area (Å²) >= 11 is 0. The quantitative estimate of drug-likeness (QED) is 0.609. The monoisotopic (exact) mass is 368 g/mol. The first-order valence-electron chi connectivity index (χ1n) is 10.4. The van der Waals surface area contributed by atoms with Crippen LogP contribution < -0.4 is 21.4 Å². The fraction of sp³-hybridized carbons (Fsp3) is 0.947. The molecule has 2 aliphatic carbocycles. The van der Waals surface area contributed by atoms with Crippen LogP contribution in [0.25, 0.3) is 0 Å². The number of hydrogen-bond donors (Lipinski definition) is 4. The molecule has 0 aromatic carbocycles. The topological polar surface area (TPSA) is 74.4 Å². The highest BCUT2D eigenvalue weighted by molar-refractivity contribution is 5.82. The standard InChI is InChI=1S/C19H33FN4O2/c1-10-6-7-15(20)14-9-16(23-17(10)14)19(25)22-13-5-3-4-12(8-13)18-21-11(2)26-24-18/h10-18,21,23-24H,3-9H2,1-2H3,(H,22,25)/t10?,11?,12-,13+,14?,15?,16?,17?,18?/m1/s1. The third-order valence-electron chi connectivity index (χ3n) is 6.97. The van der Waals surface area contributed by atoms with Crippen molar-refractivity contribution in [2.75, 3.05) is 0 Å². The Morgan fingerprint density at radius 1 is 1.12 bits per heavy atom. The normalized spacial score (nSPS) is 49.0. The number of alkyl halides is 1. The average Bonchev–Trinajstić information content (AvgIpc) is 3.26. The molecule has 2 heterocycles. The highest BCUT2D eigenvalue weighted by Gasteiger charge is 2.46. The number of nitrogens with one attached hydrogen (secondary N) is 4. The number of amides is 1. The van der Waals surface area contributed by atoms with Gasteiger partial charge in [0.05, 0.1) is 12.2 Å². The Hall–Kier alpha value is -0.760. The zero-order valence-electron chi connectivity index (χ0n) is 15.8. The van der Waals surface area contributed by atoms with Gasteiger partial charge in [-0.2, -0.15) is 5.48 Å². The molecule has 0 aromatic rings. The molecule has 9 atom stereocenters. The zero-order chi connectivity index (χ0) is 18.3. The molecule has 2 aliphatic heterocycles. The Balaban J connectivity index is 1.30. The third kappa shape index (κ3) is 3.77. The lowest BCUT2D eigenvalue weighted by molar-refractivity contribution is -0.124. The van der Waals surface area contributed by atoms with E-state index in [9.17, 15) is 9.18 Å². The first-order valence-corrected chi connectivity index (χ1v) is 10.4. The van der Waals surface area contributed by atoms with Gasteiger partial charge in [0.2, 0.25) is 5.91 Å². The first kappa shape index (κ1) is 18.6. The second kappa shape index (κ2) is 7.70. The highest BCUT2D eigenvalue weighted by Crippen LogP contribution is 2.38. The van der Waals surface area contributed by atoms with Crippen molar-refractivity contribution >= 4 is 5.91 Å². The van der Waals surface area contributed by atoms with Crippen molar-refractivity contribution in [2.45, 2.75) is 95.5 Å². The summed E-state index contributed by atoms with van der Waals surface area (Å²) in [6.07, 6.45) is 5.83.